The van der Waals surface area contributed by atoms with Crippen molar-refractivity contribution in [1.82, 2.24) is 5.43 Å². The van der Waals surface area contributed by atoms with Crippen molar-refractivity contribution in [2.45, 2.75) is 6.61 Å². The van der Waals surface area contributed by atoms with E-state index in [1.54, 1.807) is 36.4 Å². The van der Waals surface area contributed by atoms with E-state index in [0.717, 1.165) is 5.56 Å². The average molecular weight is 447 g/mol. The molecule has 154 valence electrons. The number of nitrogens with one attached hydrogen (secondary N) is 1. The molecular formula is C22H17Cl2FN2O3. The molecule has 3 aromatic rings. The van der Waals surface area contributed by atoms with E-state index in [4.69, 9.17) is 32.7 Å². The van der Waals surface area contributed by atoms with Crippen molar-refractivity contribution in [2.24, 2.45) is 5.10 Å². The smallest absolute Gasteiger partial charge is 0.271 e. The van der Waals surface area contributed by atoms with Crippen LogP contribution in [0.25, 0.3) is 0 Å². The first kappa shape index (κ1) is 21.6. The number of carbonyl (C=O) groups excluding carboxylic acids is 1. The minimum Gasteiger partial charge on any atom is -0.493 e. The fraction of sp³-hybridized carbons (Fsp3) is 0.0909. The van der Waals surface area contributed by atoms with Gasteiger partial charge in [-0.15, -0.1) is 0 Å². The molecule has 0 heterocycles. The molecule has 3 rings (SSSR count). The number of hydrazone groups is 1. The summed E-state index contributed by atoms with van der Waals surface area (Å²) >= 11 is 11.8. The lowest BCUT2D eigenvalue weighted by Crippen LogP contribution is -2.17. The number of rotatable bonds is 7. The first-order valence-corrected chi connectivity index (χ1v) is 9.55. The van der Waals surface area contributed by atoms with Gasteiger partial charge in [-0.1, -0.05) is 35.3 Å². The van der Waals surface area contributed by atoms with E-state index < -0.39 is 5.91 Å². The Morgan fingerprint density at radius 2 is 1.80 bits per heavy atom. The average Bonchev–Trinajstić information content (AvgIpc) is 2.75. The van der Waals surface area contributed by atoms with Gasteiger partial charge in [-0.25, -0.2) is 9.82 Å². The Balaban J connectivity index is 1.62. The Bertz CT molecular complexity index is 1070. The van der Waals surface area contributed by atoms with Gasteiger partial charge in [0.05, 0.1) is 23.4 Å². The Kier molecular flexibility index (Phi) is 7.27. The summed E-state index contributed by atoms with van der Waals surface area (Å²) in [5, 5.41) is 4.60. The SMILES string of the molecule is COc1cc(/C=N\NC(=O)c2ccc(Cl)c(Cl)c2)ccc1OCc1ccc(F)cc1. The zero-order chi connectivity index (χ0) is 21.5. The van der Waals surface area contributed by atoms with Gasteiger partial charge in [-0.3, -0.25) is 4.79 Å². The van der Waals surface area contributed by atoms with Crippen molar-refractivity contribution in [3.63, 3.8) is 0 Å². The first-order chi connectivity index (χ1) is 14.5. The van der Waals surface area contributed by atoms with Crippen LogP contribution in [0, 0.1) is 5.82 Å². The largest absolute Gasteiger partial charge is 0.493 e. The number of carbonyl (C=O) groups is 1. The molecular weight excluding hydrogens is 430 g/mol. The maximum atomic E-state index is 13.0. The highest BCUT2D eigenvalue weighted by molar-refractivity contribution is 6.42. The molecule has 0 bridgehead atoms. The molecule has 0 saturated heterocycles. The Labute approximate surface area is 183 Å². The van der Waals surface area contributed by atoms with Crippen LogP contribution in [0.2, 0.25) is 10.0 Å². The molecule has 0 atom stereocenters. The fourth-order valence-corrected chi connectivity index (χ4v) is 2.79. The zero-order valence-corrected chi connectivity index (χ0v) is 17.4. The lowest BCUT2D eigenvalue weighted by molar-refractivity contribution is 0.0955. The molecule has 0 fully saturated rings. The topological polar surface area (TPSA) is 59.9 Å². The first-order valence-electron chi connectivity index (χ1n) is 8.80. The molecule has 1 N–H and O–H groups in total. The fourth-order valence-electron chi connectivity index (χ4n) is 2.49. The van der Waals surface area contributed by atoms with Crippen LogP contribution >= 0.6 is 23.2 Å². The summed E-state index contributed by atoms with van der Waals surface area (Å²) in [5.41, 5.74) is 4.28. The van der Waals surface area contributed by atoms with E-state index in [-0.39, 0.29) is 17.4 Å². The molecule has 3 aromatic carbocycles. The highest BCUT2D eigenvalue weighted by Gasteiger charge is 2.08. The van der Waals surface area contributed by atoms with Crippen LogP contribution in [0.5, 0.6) is 11.5 Å². The van der Waals surface area contributed by atoms with Crippen LogP contribution in [-0.2, 0) is 6.61 Å². The number of halogens is 3. The Morgan fingerprint density at radius 3 is 2.50 bits per heavy atom. The summed E-state index contributed by atoms with van der Waals surface area (Å²) in [5.74, 6) is 0.304. The highest BCUT2D eigenvalue weighted by atomic mass is 35.5. The predicted molar refractivity (Wildman–Crippen MR) is 115 cm³/mol. The van der Waals surface area contributed by atoms with E-state index in [9.17, 15) is 9.18 Å². The Hall–Kier alpha value is -3.09. The highest BCUT2D eigenvalue weighted by Crippen LogP contribution is 2.28. The molecule has 1 amide bonds. The molecule has 0 spiro atoms. The van der Waals surface area contributed by atoms with Crippen LogP contribution in [-0.4, -0.2) is 19.2 Å². The summed E-state index contributed by atoms with van der Waals surface area (Å²) in [6, 6.07) is 15.8. The van der Waals surface area contributed by atoms with Gasteiger partial charge in [0, 0.05) is 5.56 Å². The molecule has 30 heavy (non-hydrogen) atoms. The molecule has 0 aliphatic carbocycles. The third-order valence-electron chi connectivity index (χ3n) is 4.06. The van der Waals surface area contributed by atoms with Gasteiger partial charge in [0.2, 0.25) is 0 Å². The van der Waals surface area contributed by atoms with E-state index in [2.05, 4.69) is 10.5 Å². The number of hydrogen-bond donors (Lipinski definition) is 1. The minimum atomic E-state index is -0.420. The zero-order valence-electron chi connectivity index (χ0n) is 15.9. The molecule has 0 aromatic heterocycles. The number of ether oxygens (including phenoxy) is 2. The second-order valence-corrected chi connectivity index (χ2v) is 6.97. The standard InChI is InChI=1S/C22H17Cl2FN2O3/c1-29-21-10-15(4-9-20(21)30-13-14-2-6-17(25)7-3-14)12-26-27-22(28)16-5-8-18(23)19(24)11-16/h2-12H,13H2,1H3,(H,27,28)/b26-12-. The summed E-state index contributed by atoms with van der Waals surface area (Å²) in [6.45, 7) is 0.268. The van der Waals surface area contributed by atoms with Gasteiger partial charge in [0.15, 0.2) is 11.5 Å². The van der Waals surface area contributed by atoms with E-state index >= 15 is 0 Å². The number of nitrogens with zero attached hydrogens (tertiary/aromatic N) is 1. The van der Waals surface area contributed by atoms with Gasteiger partial charge >= 0.3 is 0 Å². The van der Waals surface area contributed by atoms with Crippen molar-refractivity contribution in [2.75, 3.05) is 7.11 Å². The van der Waals surface area contributed by atoms with Gasteiger partial charge in [0.25, 0.3) is 5.91 Å². The van der Waals surface area contributed by atoms with E-state index in [1.165, 1.54) is 37.6 Å². The second-order valence-electron chi connectivity index (χ2n) is 6.15. The Morgan fingerprint density at radius 1 is 1.03 bits per heavy atom. The van der Waals surface area contributed by atoms with Crippen LogP contribution < -0.4 is 14.9 Å². The van der Waals surface area contributed by atoms with Crippen molar-refractivity contribution in [3.8, 4) is 11.5 Å². The van der Waals surface area contributed by atoms with Crippen molar-refractivity contribution < 1.29 is 18.7 Å². The summed E-state index contributed by atoms with van der Waals surface area (Å²) in [4.78, 5) is 12.1. The van der Waals surface area contributed by atoms with Gasteiger partial charge in [-0.2, -0.15) is 5.10 Å². The minimum absolute atomic E-state index is 0.268. The van der Waals surface area contributed by atoms with Crippen LogP contribution in [0.4, 0.5) is 4.39 Å². The molecule has 0 aliphatic heterocycles. The molecule has 0 radical (unpaired) electrons. The molecule has 5 nitrogen and oxygen atoms in total. The predicted octanol–water partition coefficient (Wildman–Crippen LogP) is 5.48. The third kappa shape index (κ3) is 5.72. The summed E-state index contributed by atoms with van der Waals surface area (Å²) < 4.78 is 24.1. The van der Waals surface area contributed by atoms with Crippen LogP contribution in [0.3, 0.4) is 0 Å². The lowest BCUT2D eigenvalue weighted by Gasteiger charge is -2.11. The third-order valence-corrected chi connectivity index (χ3v) is 4.80. The van der Waals surface area contributed by atoms with Crippen molar-refractivity contribution in [3.05, 3.63) is 93.2 Å². The van der Waals surface area contributed by atoms with Gasteiger partial charge < -0.3 is 9.47 Å². The van der Waals surface area contributed by atoms with Crippen LogP contribution in [0.1, 0.15) is 21.5 Å². The maximum absolute atomic E-state index is 13.0. The molecule has 0 aliphatic rings. The number of amides is 1. The lowest BCUT2D eigenvalue weighted by atomic mass is 10.2. The van der Waals surface area contributed by atoms with Gasteiger partial charge in [-0.05, 0) is 59.7 Å². The quantitative estimate of drug-likeness (QED) is 0.385. The molecule has 8 heteroatoms. The monoisotopic (exact) mass is 446 g/mol. The van der Waals surface area contributed by atoms with Crippen molar-refractivity contribution >= 4 is 35.3 Å². The number of methoxy groups -OCH3 is 1. The van der Waals surface area contributed by atoms with E-state index in [0.29, 0.717) is 27.6 Å². The number of benzene rings is 3. The summed E-state index contributed by atoms with van der Waals surface area (Å²) in [6.07, 6.45) is 1.47. The number of hydrogen-bond acceptors (Lipinski definition) is 4. The molecule has 0 saturated carbocycles. The van der Waals surface area contributed by atoms with Gasteiger partial charge in [0.1, 0.15) is 12.4 Å². The normalized spacial score (nSPS) is 10.8. The van der Waals surface area contributed by atoms with Crippen molar-refractivity contribution in [1.29, 1.82) is 0 Å². The maximum Gasteiger partial charge on any atom is 0.271 e. The molecule has 0 unspecified atom stereocenters. The second kappa shape index (κ2) is 10.1. The summed E-state index contributed by atoms with van der Waals surface area (Å²) in [7, 11) is 1.52. The van der Waals surface area contributed by atoms with E-state index in [1.807, 2.05) is 0 Å². The van der Waals surface area contributed by atoms with Crippen LogP contribution in [0.15, 0.2) is 65.8 Å².